The van der Waals surface area contributed by atoms with Gasteiger partial charge in [-0.1, -0.05) is 36.1 Å². The number of nitrogens with one attached hydrogen (secondary N) is 2. The van der Waals surface area contributed by atoms with Gasteiger partial charge >= 0.3 is 0 Å². The van der Waals surface area contributed by atoms with E-state index in [1.165, 1.54) is 0 Å². The zero-order valence-corrected chi connectivity index (χ0v) is 12.6. The summed E-state index contributed by atoms with van der Waals surface area (Å²) in [5.41, 5.74) is 8.28. The molecule has 1 heterocycles. The van der Waals surface area contributed by atoms with Crippen molar-refractivity contribution in [2.75, 3.05) is 7.05 Å². The van der Waals surface area contributed by atoms with Crippen LogP contribution in [0.4, 0.5) is 0 Å². The fourth-order valence-electron chi connectivity index (χ4n) is 2.21. The number of amides is 1. The third-order valence-electron chi connectivity index (χ3n) is 3.30. The highest BCUT2D eigenvalue weighted by atomic mass is 16.2. The molecule has 112 valence electrons. The van der Waals surface area contributed by atoms with E-state index in [1.807, 2.05) is 42.5 Å². The van der Waals surface area contributed by atoms with Crippen molar-refractivity contribution in [2.24, 2.45) is 0 Å². The van der Waals surface area contributed by atoms with Crippen LogP contribution in [-0.4, -0.2) is 17.9 Å². The molecule has 0 unspecified atom stereocenters. The van der Waals surface area contributed by atoms with Gasteiger partial charge in [0.05, 0.1) is 5.52 Å². The molecule has 0 spiro atoms. The normalized spacial score (nSPS) is 9.96. The number of carbonyl (C=O) groups excluding carboxylic acids is 1. The molecule has 0 aliphatic carbocycles. The zero-order valence-electron chi connectivity index (χ0n) is 12.6. The van der Waals surface area contributed by atoms with Gasteiger partial charge in [0.15, 0.2) is 0 Å². The molecular formula is C19H15N3O. The summed E-state index contributed by atoms with van der Waals surface area (Å²) in [5, 5.41) is 1.06. The fourth-order valence-corrected chi connectivity index (χ4v) is 2.21. The van der Waals surface area contributed by atoms with Crippen molar-refractivity contribution >= 4 is 16.8 Å². The molecule has 2 N–H and O–H groups in total. The van der Waals surface area contributed by atoms with Gasteiger partial charge in [-0.15, -0.1) is 0 Å². The highest BCUT2D eigenvalue weighted by molar-refractivity contribution is 5.94. The van der Waals surface area contributed by atoms with Crippen molar-refractivity contribution in [3.8, 4) is 11.8 Å². The standard InChI is InChI=1S/C19H15N3O/c1-20-22-19(23)17-7-4-5-14(11-17)9-10-15-12-16-6-2-3-8-18(16)21-13-15/h2-8,11-13,20H,1H3,(H,22,23). The number of nitrogens with zero attached hydrogens (tertiary/aromatic N) is 1. The highest BCUT2D eigenvalue weighted by Crippen LogP contribution is 2.12. The lowest BCUT2D eigenvalue weighted by Gasteiger charge is -2.02. The molecule has 1 amide bonds. The van der Waals surface area contributed by atoms with Crippen molar-refractivity contribution in [3.05, 3.63) is 77.5 Å². The number of carbonyl (C=O) groups is 1. The number of para-hydroxylation sites is 1. The number of rotatable bonds is 2. The van der Waals surface area contributed by atoms with Crippen LogP contribution in [-0.2, 0) is 0 Å². The second-order valence-corrected chi connectivity index (χ2v) is 4.95. The summed E-state index contributed by atoms with van der Waals surface area (Å²) < 4.78 is 0. The highest BCUT2D eigenvalue weighted by Gasteiger charge is 2.03. The molecule has 0 saturated carbocycles. The molecule has 2 aromatic carbocycles. The van der Waals surface area contributed by atoms with Crippen LogP contribution in [0.25, 0.3) is 10.9 Å². The van der Waals surface area contributed by atoms with Gasteiger partial charge in [0, 0.05) is 35.3 Å². The fraction of sp³-hybridized carbons (Fsp3) is 0.0526. The Morgan fingerprint density at radius 2 is 1.83 bits per heavy atom. The van der Waals surface area contributed by atoms with E-state index in [9.17, 15) is 4.79 Å². The first-order chi connectivity index (χ1) is 11.3. The molecule has 4 heteroatoms. The average molecular weight is 301 g/mol. The van der Waals surface area contributed by atoms with Gasteiger partial charge in [-0.25, -0.2) is 5.43 Å². The second-order valence-electron chi connectivity index (χ2n) is 4.95. The third-order valence-corrected chi connectivity index (χ3v) is 3.30. The summed E-state index contributed by atoms with van der Waals surface area (Å²) in [6.07, 6.45) is 1.76. The number of fused-ring (bicyclic) bond motifs is 1. The molecule has 0 aliphatic heterocycles. The Morgan fingerprint density at radius 3 is 2.70 bits per heavy atom. The Hall–Kier alpha value is -3.16. The van der Waals surface area contributed by atoms with Gasteiger partial charge in [-0.3, -0.25) is 15.2 Å². The van der Waals surface area contributed by atoms with E-state index in [-0.39, 0.29) is 5.91 Å². The lowest BCUT2D eigenvalue weighted by molar-refractivity contribution is 0.0938. The van der Waals surface area contributed by atoms with Crippen molar-refractivity contribution in [2.45, 2.75) is 0 Å². The molecule has 4 nitrogen and oxygen atoms in total. The Balaban J connectivity index is 1.88. The zero-order chi connectivity index (χ0) is 16.1. The summed E-state index contributed by atoms with van der Waals surface area (Å²) in [5.74, 6) is 5.97. The molecule has 0 aliphatic rings. The molecule has 0 atom stereocenters. The smallest absolute Gasteiger partial charge is 0.265 e. The van der Waals surface area contributed by atoms with Gasteiger partial charge in [-0.05, 0) is 30.3 Å². The quantitative estimate of drug-likeness (QED) is 0.565. The van der Waals surface area contributed by atoms with Gasteiger partial charge in [0.1, 0.15) is 0 Å². The number of hydrogen-bond acceptors (Lipinski definition) is 3. The van der Waals surface area contributed by atoms with Crippen LogP contribution in [0, 0.1) is 11.8 Å². The molecule has 1 aromatic heterocycles. The van der Waals surface area contributed by atoms with Crippen molar-refractivity contribution in [1.29, 1.82) is 0 Å². The van der Waals surface area contributed by atoms with E-state index in [4.69, 9.17) is 0 Å². The number of pyridine rings is 1. The van der Waals surface area contributed by atoms with Crippen molar-refractivity contribution in [1.82, 2.24) is 15.8 Å². The first-order valence-electron chi connectivity index (χ1n) is 7.20. The van der Waals surface area contributed by atoms with Crippen LogP contribution < -0.4 is 10.9 Å². The lowest BCUT2D eigenvalue weighted by Crippen LogP contribution is -2.34. The predicted octanol–water partition coefficient (Wildman–Crippen LogP) is 2.50. The second kappa shape index (κ2) is 6.73. The van der Waals surface area contributed by atoms with Gasteiger partial charge in [0.25, 0.3) is 5.91 Å². The number of benzene rings is 2. The lowest BCUT2D eigenvalue weighted by atomic mass is 10.1. The Kier molecular flexibility index (Phi) is 4.32. The SMILES string of the molecule is CNNC(=O)c1cccc(C#Cc2cnc3ccccc3c2)c1. The molecule has 3 rings (SSSR count). The van der Waals surface area contributed by atoms with E-state index in [0.29, 0.717) is 5.56 Å². The van der Waals surface area contributed by atoms with E-state index in [0.717, 1.165) is 22.0 Å². The maximum Gasteiger partial charge on any atom is 0.265 e. The van der Waals surface area contributed by atoms with Crippen molar-refractivity contribution < 1.29 is 4.79 Å². The number of aromatic nitrogens is 1. The first-order valence-corrected chi connectivity index (χ1v) is 7.20. The molecular weight excluding hydrogens is 286 g/mol. The van der Waals surface area contributed by atoms with Crippen LogP contribution in [0.15, 0.2) is 60.8 Å². The van der Waals surface area contributed by atoms with Crippen LogP contribution in [0.2, 0.25) is 0 Å². The van der Waals surface area contributed by atoms with Gasteiger partial charge in [-0.2, -0.15) is 0 Å². The van der Waals surface area contributed by atoms with Crippen LogP contribution in [0.5, 0.6) is 0 Å². The first kappa shape index (κ1) is 14.8. The Labute approximate surface area is 134 Å². The van der Waals surface area contributed by atoms with E-state index >= 15 is 0 Å². The average Bonchev–Trinajstić information content (AvgIpc) is 2.60. The molecule has 0 bridgehead atoms. The topological polar surface area (TPSA) is 54.0 Å². The molecule has 0 fully saturated rings. The van der Waals surface area contributed by atoms with Crippen LogP contribution in [0.3, 0.4) is 0 Å². The van der Waals surface area contributed by atoms with E-state index in [2.05, 4.69) is 27.7 Å². The summed E-state index contributed by atoms with van der Waals surface area (Å²) in [4.78, 5) is 16.2. The predicted molar refractivity (Wildman–Crippen MR) is 90.7 cm³/mol. The Morgan fingerprint density at radius 1 is 1.00 bits per heavy atom. The van der Waals surface area contributed by atoms with Gasteiger partial charge < -0.3 is 0 Å². The maximum absolute atomic E-state index is 11.8. The summed E-state index contributed by atoms with van der Waals surface area (Å²) in [6, 6.07) is 17.1. The monoisotopic (exact) mass is 301 g/mol. The van der Waals surface area contributed by atoms with Crippen LogP contribution >= 0.6 is 0 Å². The minimum Gasteiger partial charge on any atom is -0.288 e. The summed E-state index contributed by atoms with van der Waals surface area (Å²) >= 11 is 0. The molecule has 3 aromatic rings. The molecule has 0 saturated heterocycles. The number of hydrazine groups is 1. The minimum atomic E-state index is -0.191. The largest absolute Gasteiger partial charge is 0.288 e. The van der Waals surface area contributed by atoms with E-state index < -0.39 is 0 Å². The maximum atomic E-state index is 11.8. The molecule has 0 radical (unpaired) electrons. The summed E-state index contributed by atoms with van der Waals surface area (Å²) in [6.45, 7) is 0. The molecule has 23 heavy (non-hydrogen) atoms. The third kappa shape index (κ3) is 3.54. The van der Waals surface area contributed by atoms with Gasteiger partial charge in [0.2, 0.25) is 0 Å². The van der Waals surface area contributed by atoms with E-state index in [1.54, 1.807) is 25.4 Å². The Bertz CT molecular complexity index is 922. The van der Waals surface area contributed by atoms with Crippen LogP contribution in [0.1, 0.15) is 21.5 Å². The summed E-state index contributed by atoms with van der Waals surface area (Å²) in [7, 11) is 1.65. The number of hydrogen-bond donors (Lipinski definition) is 2. The minimum absolute atomic E-state index is 0.191. The van der Waals surface area contributed by atoms with Crippen molar-refractivity contribution in [3.63, 3.8) is 0 Å².